The van der Waals surface area contributed by atoms with E-state index in [1.165, 1.54) is 12.1 Å². The molecule has 0 amide bonds. The molecule has 1 fully saturated rings. The molecule has 0 N–H and O–H groups in total. The SMILES string of the molecule is Cc1ccc(S(=O)(=O)OC[C@H](COc2ccccc2)OC2CCCCO2)cc1. The predicted octanol–water partition coefficient (Wildman–Crippen LogP) is 3.69. The second-order valence-corrected chi connectivity index (χ2v) is 8.35. The molecule has 3 rings (SSSR count). The lowest BCUT2D eigenvalue weighted by Crippen LogP contribution is -2.35. The van der Waals surface area contributed by atoms with Crippen LogP contribution in [0.5, 0.6) is 5.75 Å². The minimum atomic E-state index is -3.87. The normalized spacial score (nSPS) is 18.5. The van der Waals surface area contributed by atoms with Crippen LogP contribution in [-0.4, -0.2) is 40.6 Å². The molecule has 0 aromatic heterocycles. The largest absolute Gasteiger partial charge is 0.491 e. The van der Waals surface area contributed by atoms with Gasteiger partial charge in [-0.25, -0.2) is 0 Å². The number of hydrogen-bond acceptors (Lipinski definition) is 6. The van der Waals surface area contributed by atoms with Gasteiger partial charge in [0.15, 0.2) is 6.29 Å². The highest BCUT2D eigenvalue weighted by molar-refractivity contribution is 7.86. The van der Waals surface area contributed by atoms with Gasteiger partial charge >= 0.3 is 0 Å². The summed E-state index contributed by atoms with van der Waals surface area (Å²) in [6.45, 7) is 2.54. The Morgan fingerprint density at radius 3 is 2.46 bits per heavy atom. The fourth-order valence-corrected chi connectivity index (χ4v) is 3.74. The number of hydrogen-bond donors (Lipinski definition) is 0. The van der Waals surface area contributed by atoms with Crippen molar-refractivity contribution in [2.75, 3.05) is 19.8 Å². The molecule has 1 aliphatic heterocycles. The standard InChI is InChI=1S/C21H26O6S/c1-17-10-12-20(13-11-17)28(22,23)26-16-19(27-21-9-5-6-14-24-21)15-25-18-7-3-2-4-8-18/h2-4,7-8,10-13,19,21H,5-6,9,14-16H2,1H3/t19-,21?/m0/s1. The third-order valence-corrected chi connectivity index (χ3v) is 5.68. The van der Waals surface area contributed by atoms with Gasteiger partial charge in [-0.15, -0.1) is 0 Å². The third-order valence-electron chi connectivity index (χ3n) is 4.38. The summed E-state index contributed by atoms with van der Waals surface area (Å²) < 4.78 is 47.5. The summed E-state index contributed by atoms with van der Waals surface area (Å²) in [6, 6.07) is 15.8. The fraction of sp³-hybridized carbons (Fsp3) is 0.429. The van der Waals surface area contributed by atoms with Crippen LogP contribution in [0.4, 0.5) is 0 Å². The molecule has 152 valence electrons. The molecule has 1 heterocycles. The maximum atomic E-state index is 12.5. The first-order chi connectivity index (χ1) is 13.5. The Morgan fingerprint density at radius 1 is 1.04 bits per heavy atom. The fourth-order valence-electron chi connectivity index (χ4n) is 2.80. The lowest BCUT2D eigenvalue weighted by atomic mass is 10.2. The molecule has 1 unspecified atom stereocenters. The van der Waals surface area contributed by atoms with E-state index in [-0.39, 0.29) is 24.4 Å². The van der Waals surface area contributed by atoms with Crippen molar-refractivity contribution in [3.63, 3.8) is 0 Å². The molecule has 6 nitrogen and oxygen atoms in total. The van der Waals surface area contributed by atoms with Gasteiger partial charge in [0.2, 0.25) is 0 Å². The van der Waals surface area contributed by atoms with Crippen LogP contribution in [0.15, 0.2) is 59.5 Å². The zero-order chi connectivity index (χ0) is 19.8. The van der Waals surface area contributed by atoms with Gasteiger partial charge < -0.3 is 14.2 Å². The van der Waals surface area contributed by atoms with Crippen LogP contribution in [0, 0.1) is 6.92 Å². The van der Waals surface area contributed by atoms with Crippen LogP contribution in [0.2, 0.25) is 0 Å². The lowest BCUT2D eigenvalue weighted by Gasteiger charge is -2.27. The number of aryl methyl sites for hydroxylation is 1. The van der Waals surface area contributed by atoms with Crippen molar-refractivity contribution in [3.05, 3.63) is 60.2 Å². The van der Waals surface area contributed by atoms with Crippen molar-refractivity contribution in [1.82, 2.24) is 0 Å². The Morgan fingerprint density at radius 2 is 1.79 bits per heavy atom. The van der Waals surface area contributed by atoms with Crippen molar-refractivity contribution >= 4 is 10.1 Å². The number of benzene rings is 2. The molecule has 2 atom stereocenters. The average molecular weight is 407 g/mol. The molecule has 7 heteroatoms. The zero-order valence-corrected chi connectivity index (χ0v) is 16.8. The highest BCUT2D eigenvalue weighted by Gasteiger charge is 2.24. The molecule has 0 bridgehead atoms. The molecule has 0 aliphatic carbocycles. The number of para-hydroxylation sites is 1. The van der Waals surface area contributed by atoms with E-state index in [0.717, 1.165) is 24.8 Å². The summed E-state index contributed by atoms with van der Waals surface area (Å²) in [5.74, 6) is 0.682. The van der Waals surface area contributed by atoms with E-state index in [9.17, 15) is 8.42 Å². The Kier molecular flexibility index (Phi) is 7.44. The molecule has 28 heavy (non-hydrogen) atoms. The van der Waals surface area contributed by atoms with E-state index in [2.05, 4.69) is 0 Å². The molecule has 1 saturated heterocycles. The number of ether oxygens (including phenoxy) is 3. The second-order valence-electron chi connectivity index (χ2n) is 6.73. The van der Waals surface area contributed by atoms with E-state index in [4.69, 9.17) is 18.4 Å². The number of rotatable bonds is 9. The Balaban J connectivity index is 1.62. The van der Waals surface area contributed by atoms with Crippen molar-refractivity contribution in [2.45, 2.75) is 43.5 Å². The summed E-state index contributed by atoms with van der Waals surface area (Å²) in [5, 5.41) is 0. The van der Waals surface area contributed by atoms with Crippen LogP contribution in [0.1, 0.15) is 24.8 Å². The topological polar surface area (TPSA) is 71.1 Å². The molecule has 0 spiro atoms. The summed E-state index contributed by atoms with van der Waals surface area (Å²) in [5.41, 5.74) is 0.978. The maximum Gasteiger partial charge on any atom is 0.297 e. The maximum absolute atomic E-state index is 12.5. The Labute approximate surface area is 166 Å². The summed E-state index contributed by atoms with van der Waals surface area (Å²) in [4.78, 5) is 0.120. The summed E-state index contributed by atoms with van der Waals surface area (Å²) >= 11 is 0. The first-order valence-electron chi connectivity index (χ1n) is 9.44. The highest BCUT2D eigenvalue weighted by atomic mass is 32.2. The van der Waals surface area contributed by atoms with Crippen molar-refractivity contribution in [1.29, 1.82) is 0 Å². The summed E-state index contributed by atoms with van der Waals surface area (Å²) in [6.07, 6.45) is 1.84. The van der Waals surface area contributed by atoms with Crippen LogP contribution in [0.25, 0.3) is 0 Å². The first-order valence-corrected chi connectivity index (χ1v) is 10.8. The molecular formula is C21H26O6S. The van der Waals surface area contributed by atoms with Gasteiger partial charge in [0.1, 0.15) is 18.5 Å². The van der Waals surface area contributed by atoms with E-state index in [1.807, 2.05) is 37.3 Å². The molecule has 2 aromatic rings. The Bertz CT molecular complexity index is 814. The van der Waals surface area contributed by atoms with Gasteiger partial charge in [0, 0.05) is 6.61 Å². The molecule has 0 saturated carbocycles. The summed E-state index contributed by atoms with van der Waals surface area (Å²) in [7, 11) is -3.87. The smallest absolute Gasteiger partial charge is 0.297 e. The predicted molar refractivity (Wildman–Crippen MR) is 105 cm³/mol. The van der Waals surface area contributed by atoms with E-state index < -0.39 is 16.2 Å². The van der Waals surface area contributed by atoms with Gasteiger partial charge in [-0.2, -0.15) is 8.42 Å². The first kappa shape index (κ1) is 20.8. The quantitative estimate of drug-likeness (QED) is 0.592. The highest BCUT2D eigenvalue weighted by Crippen LogP contribution is 2.19. The van der Waals surface area contributed by atoms with Gasteiger partial charge in [0.05, 0.1) is 11.5 Å². The van der Waals surface area contributed by atoms with Crippen LogP contribution in [0.3, 0.4) is 0 Å². The minimum Gasteiger partial charge on any atom is -0.491 e. The van der Waals surface area contributed by atoms with E-state index >= 15 is 0 Å². The average Bonchev–Trinajstić information content (AvgIpc) is 2.72. The van der Waals surface area contributed by atoms with E-state index in [0.29, 0.717) is 12.4 Å². The molecular weight excluding hydrogens is 380 g/mol. The Hall–Kier alpha value is -1.93. The van der Waals surface area contributed by atoms with Crippen LogP contribution < -0.4 is 4.74 Å². The molecule has 2 aromatic carbocycles. The van der Waals surface area contributed by atoms with Gasteiger partial charge in [-0.3, -0.25) is 4.18 Å². The van der Waals surface area contributed by atoms with Gasteiger partial charge in [-0.05, 0) is 50.5 Å². The molecule has 0 radical (unpaired) electrons. The third kappa shape index (κ3) is 6.31. The van der Waals surface area contributed by atoms with Crippen molar-refractivity contribution in [2.24, 2.45) is 0 Å². The second kappa shape index (κ2) is 10.0. The van der Waals surface area contributed by atoms with Crippen LogP contribution in [-0.2, 0) is 23.8 Å². The lowest BCUT2D eigenvalue weighted by molar-refractivity contribution is -0.198. The van der Waals surface area contributed by atoms with E-state index in [1.54, 1.807) is 12.1 Å². The van der Waals surface area contributed by atoms with Crippen molar-refractivity contribution < 1.29 is 26.8 Å². The van der Waals surface area contributed by atoms with Crippen molar-refractivity contribution in [3.8, 4) is 5.75 Å². The zero-order valence-electron chi connectivity index (χ0n) is 16.0. The van der Waals surface area contributed by atoms with Crippen LogP contribution >= 0.6 is 0 Å². The minimum absolute atomic E-state index is 0.120. The molecule has 1 aliphatic rings. The monoisotopic (exact) mass is 406 g/mol. The van der Waals surface area contributed by atoms with Gasteiger partial charge in [0.25, 0.3) is 10.1 Å². The van der Waals surface area contributed by atoms with Gasteiger partial charge in [-0.1, -0.05) is 35.9 Å².